The molecule has 0 N–H and O–H groups in total. The third kappa shape index (κ3) is 3.96. The van der Waals surface area contributed by atoms with Crippen molar-refractivity contribution < 1.29 is 14.4 Å². The number of hydrogen-bond acceptors (Lipinski definition) is 4. The van der Waals surface area contributed by atoms with Gasteiger partial charge in [-0.15, -0.1) is 0 Å². The Balaban J connectivity index is 1.86. The summed E-state index contributed by atoms with van der Waals surface area (Å²) in [6, 6.07) is 13.7. The van der Waals surface area contributed by atoms with Crippen LogP contribution in [-0.4, -0.2) is 18.1 Å². The molecule has 104 valence electrons. The minimum absolute atomic E-state index is 0.0463. The van der Waals surface area contributed by atoms with Gasteiger partial charge in [0.2, 0.25) is 0 Å². The van der Waals surface area contributed by atoms with Gasteiger partial charge in [-0.05, 0) is 24.3 Å². The molecule has 0 aromatic heterocycles. The van der Waals surface area contributed by atoms with Crippen LogP contribution in [-0.2, 0) is 0 Å². The first-order valence-corrected chi connectivity index (χ1v) is 6.71. The van der Waals surface area contributed by atoms with Crippen molar-refractivity contribution in [3.05, 3.63) is 63.1 Å². The van der Waals surface area contributed by atoms with Crippen LogP contribution in [0, 0.1) is 10.1 Å². The standard InChI is InChI=1S/C14H12BrNO4/c15-11-4-3-5-12(10-11)19-8-9-20-14-7-2-1-6-13(14)16(17)18/h1-7,10H,8-9H2. The van der Waals surface area contributed by atoms with Crippen molar-refractivity contribution in [3.8, 4) is 11.5 Å². The lowest BCUT2D eigenvalue weighted by atomic mass is 10.3. The van der Waals surface area contributed by atoms with Gasteiger partial charge in [-0.2, -0.15) is 0 Å². The quantitative estimate of drug-likeness (QED) is 0.456. The number of hydrogen-bond donors (Lipinski definition) is 0. The summed E-state index contributed by atoms with van der Waals surface area (Å²) in [5.41, 5.74) is -0.0463. The van der Waals surface area contributed by atoms with Crippen LogP contribution < -0.4 is 9.47 Å². The highest BCUT2D eigenvalue weighted by atomic mass is 79.9. The number of nitrogens with zero attached hydrogens (tertiary/aromatic N) is 1. The third-order valence-corrected chi connectivity index (χ3v) is 2.96. The second-order valence-corrected chi connectivity index (χ2v) is 4.79. The topological polar surface area (TPSA) is 61.6 Å². The Hall–Kier alpha value is -2.08. The van der Waals surface area contributed by atoms with Crippen molar-refractivity contribution in [2.45, 2.75) is 0 Å². The van der Waals surface area contributed by atoms with Gasteiger partial charge in [0, 0.05) is 10.5 Å². The fourth-order valence-corrected chi connectivity index (χ4v) is 1.98. The molecular weight excluding hydrogens is 326 g/mol. The van der Waals surface area contributed by atoms with Crippen LogP contribution >= 0.6 is 15.9 Å². The maximum atomic E-state index is 10.8. The van der Waals surface area contributed by atoms with Gasteiger partial charge < -0.3 is 9.47 Å². The van der Waals surface area contributed by atoms with Gasteiger partial charge in [-0.25, -0.2) is 0 Å². The average molecular weight is 338 g/mol. The van der Waals surface area contributed by atoms with E-state index in [0.29, 0.717) is 12.4 Å². The van der Waals surface area contributed by atoms with E-state index >= 15 is 0 Å². The van der Waals surface area contributed by atoms with E-state index in [4.69, 9.17) is 9.47 Å². The fourth-order valence-electron chi connectivity index (χ4n) is 1.60. The number of benzene rings is 2. The highest BCUT2D eigenvalue weighted by Gasteiger charge is 2.13. The van der Waals surface area contributed by atoms with E-state index in [-0.39, 0.29) is 18.0 Å². The van der Waals surface area contributed by atoms with Crippen molar-refractivity contribution in [2.24, 2.45) is 0 Å². The van der Waals surface area contributed by atoms with E-state index < -0.39 is 4.92 Å². The van der Waals surface area contributed by atoms with Crippen molar-refractivity contribution >= 4 is 21.6 Å². The molecule has 2 rings (SSSR count). The molecule has 0 heterocycles. The van der Waals surface area contributed by atoms with Gasteiger partial charge in [0.05, 0.1) is 4.92 Å². The number of nitro groups is 1. The molecule has 0 aliphatic carbocycles. The smallest absolute Gasteiger partial charge is 0.310 e. The highest BCUT2D eigenvalue weighted by molar-refractivity contribution is 9.10. The van der Waals surface area contributed by atoms with Crippen molar-refractivity contribution in [2.75, 3.05) is 13.2 Å². The second kappa shape index (κ2) is 6.91. The van der Waals surface area contributed by atoms with Crippen LogP contribution in [0.3, 0.4) is 0 Å². The Morgan fingerprint density at radius 2 is 1.80 bits per heavy atom. The summed E-state index contributed by atoms with van der Waals surface area (Å²) >= 11 is 3.35. The zero-order valence-electron chi connectivity index (χ0n) is 10.5. The molecule has 0 spiro atoms. The lowest BCUT2D eigenvalue weighted by Gasteiger charge is -2.08. The minimum atomic E-state index is -0.468. The first-order valence-electron chi connectivity index (χ1n) is 5.91. The zero-order chi connectivity index (χ0) is 14.4. The minimum Gasteiger partial charge on any atom is -0.490 e. The molecule has 0 radical (unpaired) electrons. The molecule has 2 aromatic rings. The molecule has 0 unspecified atom stereocenters. The first-order chi connectivity index (χ1) is 9.66. The summed E-state index contributed by atoms with van der Waals surface area (Å²) in [7, 11) is 0. The van der Waals surface area contributed by atoms with E-state index in [1.165, 1.54) is 6.07 Å². The number of nitro benzene ring substituents is 1. The number of rotatable bonds is 6. The van der Waals surface area contributed by atoms with Gasteiger partial charge >= 0.3 is 5.69 Å². The van der Waals surface area contributed by atoms with E-state index in [1.54, 1.807) is 18.2 Å². The molecule has 2 aromatic carbocycles. The Bertz CT molecular complexity index is 603. The summed E-state index contributed by atoms with van der Waals surface area (Å²) in [6.07, 6.45) is 0. The molecular formula is C14H12BrNO4. The molecule has 0 aliphatic heterocycles. The van der Waals surface area contributed by atoms with Crippen molar-refractivity contribution in [1.29, 1.82) is 0 Å². The number of ether oxygens (including phenoxy) is 2. The van der Waals surface area contributed by atoms with Crippen LogP contribution in [0.15, 0.2) is 53.0 Å². The lowest BCUT2D eigenvalue weighted by molar-refractivity contribution is -0.385. The van der Waals surface area contributed by atoms with Crippen LogP contribution in [0.2, 0.25) is 0 Å². The van der Waals surface area contributed by atoms with Gasteiger partial charge in [-0.1, -0.05) is 34.1 Å². The maximum Gasteiger partial charge on any atom is 0.310 e. The van der Waals surface area contributed by atoms with Crippen LogP contribution in [0.5, 0.6) is 11.5 Å². The molecule has 0 atom stereocenters. The summed E-state index contributed by atoms with van der Waals surface area (Å²) in [5, 5.41) is 10.8. The normalized spacial score (nSPS) is 10.1. The number of para-hydroxylation sites is 2. The highest BCUT2D eigenvalue weighted by Crippen LogP contribution is 2.25. The van der Waals surface area contributed by atoms with E-state index in [9.17, 15) is 10.1 Å². The summed E-state index contributed by atoms with van der Waals surface area (Å²) < 4.78 is 11.8. The monoisotopic (exact) mass is 337 g/mol. The Morgan fingerprint density at radius 3 is 2.55 bits per heavy atom. The Labute approximate surface area is 124 Å². The molecule has 0 fully saturated rings. The fraction of sp³-hybridized carbons (Fsp3) is 0.143. The second-order valence-electron chi connectivity index (χ2n) is 3.88. The van der Waals surface area contributed by atoms with E-state index in [0.717, 1.165) is 4.47 Å². The molecule has 0 amide bonds. The van der Waals surface area contributed by atoms with Crippen LogP contribution in [0.1, 0.15) is 0 Å². The van der Waals surface area contributed by atoms with Crippen molar-refractivity contribution in [3.63, 3.8) is 0 Å². The predicted molar refractivity (Wildman–Crippen MR) is 78.2 cm³/mol. The summed E-state index contributed by atoms with van der Waals surface area (Å²) in [4.78, 5) is 10.3. The molecule has 0 aliphatic rings. The van der Waals surface area contributed by atoms with Gasteiger partial charge in [0.25, 0.3) is 0 Å². The summed E-state index contributed by atoms with van der Waals surface area (Å²) in [5.74, 6) is 0.959. The lowest BCUT2D eigenvalue weighted by Crippen LogP contribution is -2.09. The van der Waals surface area contributed by atoms with E-state index in [1.807, 2.05) is 24.3 Å². The van der Waals surface area contributed by atoms with Gasteiger partial charge in [0.15, 0.2) is 5.75 Å². The Morgan fingerprint density at radius 1 is 1.05 bits per heavy atom. The third-order valence-electron chi connectivity index (χ3n) is 2.47. The largest absolute Gasteiger partial charge is 0.490 e. The van der Waals surface area contributed by atoms with Crippen LogP contribution in [0.25, 0.3) is 0 Å². The molecule has 20 heavy (non-hydrogen) atoms. The van der Waals surface area contributed by atoms with E-state index in [2.05, 4.69) is 15.9 Å². The zero-order valence-corrected chi connectivity index (χ0v) is 12.1. The van der Waals surface area contributed by atoms with Crippen molar-refractivity contribution in [1.82, 2.24) is 0 Å². The SMILES string of the molecule is O=[N+]([O-])c1ccccc1OCCOc1cccc(Br)c1. The molecule has 5 nitrogen and oxygen atoms in total. The Kier molecular flexibility index (Phi) is 4.95. The molecule has 0 saturated heterocycles. The molecule has 6 heteroatoms. The molecule has 0 bridgehead atoms. The van der Waals surface area contributed by atoms with Crippen LogP contribution in [0.4, 0.5) is 5.69 Å². The molecule has 0 saturated carbocycles. The summed E-state index contributed by atoms with van der Waals surface area (Å²) in [6.45, 7) is 0.542. The average Bonchev–Trinajstić information content (AvgIpc) is 2.44. The predicted octanol–water partition coefficient (Wildman–Crippen LogP) is 3.82. The maximum absolute atomic E-state index is 10.8. The van der Waals surface area contributed by atoms with Gasteiger partial charge in [0.1, 0.15) is 19.0 Å². The van der Waals surface area contributed by atoms with Gasteiger partial charge in [-0.3, -0.25) is 10.1 Å². The number of halogens is 1. The first kappa shape index (κ1) is 14.3.